The molecule has 0 saturated carbocycles. The minimum Gasteiger partial charge on any atom is -0.376 e. The predicted octanol–water partition coefficient (Wildman–Crippen LogP) is 2.50. The van der Waals surface area contributed by atoms with Crippen LogP contribution < -0.4 is 4.90 Å². The van der Waals surface area contributed by atoms with Gasteiger partial charge in [-0.2, -0.15) is 11.8 Å². The van der Waals surface area contributed by atoms with E-state index in [-0.39, 0.29) is 36.4 Å². The highest BCUT2D eigenvalue weighted by molar-refractivity contribution is 7.99. The minimum absolute atomic E-state index is 0.00306. The lowest BCUT2D eigenvalue weighted by Crippen LogP contribution is -2.64. The summed E-state index contributed by atoms with van der Waals surface area (Å²) in [5.41, 5.74) is 0.340. The van der Waals surface area contributed by atoms with Gasteiger partial charge >= 0.3 is 0 Å². The van der Waals surface area contributed by atoms with Crippen molar-refractivity contribution in [1.29, 1.82) is 0 Å². The number of amides is 3. The maximum atomic E-state index is 13.6. The molecule has 0 aliphatic carbocycles. The summed E-state index contributed by atoms with van der Waals surface area (Å²) in [5.74, 6) is 1.77. The molecule has 4 aliphatic heterocycles. The van der Waals surface area contributed by atoms with Crippen LogP contribution in [0.15, 0.2) is 24.3 Å². The molecule has 5 rings (SSSR count). The Balaban J connectivity index is 1.43. The van der Waals surface area contributed by atoms with Crippen molar-refractivity contribution in [2.75, 3.05) is 36.1 Å². The van der Waals surface area contributed by atoms with Gasteiger partial charge in [-0.05, 0) is 50.5 Å². The summed E-state index contributed by atoms with van der Waals surface area (Å²) in [7, 11) is 0. The second-order valence-electron chi connectivity index (χ2n) is 9.05. The van der Waals surface area contributed by atoms with Crippen LogP contribution in [-0.2, 0) is 14.3 Å². The van der Waals surface area contributed by atoms with E-state index in [4.69, 9.17) is 4.74 Å². The molecule has 4 aliphatic rings. The minimum atomic E-state index is -0.807. The number of thioether (sulfide) groups is 1. The summed E-state index contributed by atoms with van der Waals surface area (Å²) in [6, 6.07) is 7.41. The van der Waals surface area contributed by atoms with Crippen LogP contribution >= 0.6 is 11.8 Å². The number of carbonyl (C=O) groups is 3. The summed E-state index contributed by atoms with van der Waals surface area (Å²) in [6.07, 6.45) is 3.96. The Kier molecular flexibility index (Phi) is 5.46. The van der Waals surface area contributed by atoms with E-state index in [1.165, 1.54) is 0 Å². The molecular formula is C23H29N3O4S. The SMILES string of the molecule is CC12CCC(=O)N1c1ccccc1C(=O)N2CC(=O)N(CC1CCCO1)C1CCSC1. The van der Waals surface area contributed by atoms with Crippen LogP contribution in [0.2, 0.25) is 0 Å². The summed E-state index contributed by atoms with van der Waals surface area (Å²) in [5, 5.41) is 0. The van der Waals surface area contributed by atoms with E-state index in [1.807, 2.05) is 35.7 Å². The zero-order chi connectivity index (χ0) is 21.6. The number of hydrogen-bond donors (Lipinski definition) is 0. The van der Waals surface area contributed by atoms with Crippen LogP contribution in [0.4, 0.5) is 5.69 Å². The highest BCUT2D eigenvalue weighted by atomic mass is 32.2. The molecule has 3 fully saturated rings. The van der Waals surface area contributed by atoms with Gasteiger partial charge in [-0.1, -0.05) is 12.1 Å². The van der Waals surface area contributed by atoms with Crippen molar-refractivity contribution in [2.24, 2.45) is 0 Å². The van der Waals surface area contributed by atoms with E-state index >= 15 is 0 Å². The number of ether oxygens (including phenoxy) is 1. The quantitative estimate of drug-likeness (QED) is 0.699. The molecule has 0 aromatic heterocycles. The van der Waals surface area contributed by atoms with Crippen molar-refractivity contribution in [3.8, 4) is 0 Å². The van der Waals surface area contributed by atoms with E-state index in [1.54, 1.807) is 21.9 Å². The highest BCUT2D eigenvalue weighted by Gasteiger charge is 2.53. The van der Waals surface area contributed by atoms with Crippen LogP contribution in [0.1, 0.15) is 49.4 Å². The molecule has 166 valence electrons. The van der Waals surface area contributed by atoms with Crippen LogP contribution in [0, 0.1) is 0 Å². The molecule has 31 heavy (non-hydrogen) atoms. The van der Waals surface area contributed by atoms with Gasteiger partial charge in [-0.25, -0.2) is 0 Å². The Morgan fingerprint density at radius 2 is 2.13 bits per heavy atom. The van der Waals surface area contributed by atoms with Gasteiger partial charge in [0.2, 0.25) is 11.8 Å². The molecular weight excluding hydrogens is 414 g/mol. The van der Waals surface area contributed by atoms with Gasteiger partial charge in [0.15, 0.2) is 0 Å². The summed E-state index contributed by atoms with van der Waals surface area (Å²) < 4.78 is 5.82. The molecule has 0 spiro atoms. The molecule has 3 atom stereocenters. The molecule has 3 amide bonds. The van der Waals surface area contributed by atoms with Gasteiger partial charge in [0.05, 0.1) is 17.4 Å². The molecule has 0 radical (unpaired) electrons. The van der Waals surface area contributed by atoms with Crippen molar-refractivity contribution in [3.05, 3.63) is 29.8 Å². The third-order valence-corrected chi connectivity index (χ3v) is 8.27. The first-order valence-electron chi connectivity index (χ1n) is 11.2. The van der Waals surface area contributed by atoms with Crippen LogP contribution in [0.25, 0.3) is 0 Å². The Morgan fingerprint density at radius 1 is 1.29 bits per heavy atom. The molecule has 8 heteroatoms. The summed E-state index contributed by atoms with van der Waals surface area (Å²) >= 11 is 1.87. The number of fused-ring (bicyclic) bond motifs is 3. The number of hydrogen-bond acceptors (Lipinski definition) is 5. The molecule has 3 saturated heterocycles. The zero-order valence-corrected chi connectivity index (χ0v) is 18.7. The fourth-order valence-corrected chi connectivity index (χ4v) is 6.62. The number of anilines is 1. The van der Waals surface area contributed by atoms with Gasteiger partial charge in [0, 0.05) is 31.4 Å². The molecule has 4 heterocycles. The Bertz CT molecular complexity index is 897. The fraction of sp³-hybridized carbons (Fsp3) is 0.609. The molecule has 7 nitrogen and oxygen atoms in total. The smallest absolute Gasteiger partial charge is 0.258 e. The van der Waals surface area contributed by atoms with E-state index in [0.29, 0.717) is 30.6 Å². The zero-order valence-electron chi connectivity index (χ0n) is 17.9. The number of para-hydroxylation sites is 1. The Morgan fingerprint density at radius 3 is 2.87 bits per heavy atom. The molecule has 1 aromatic carbocycles. The molecule has 1 aromatic rings. The van der Waals surface area contributed by atoms with Gasteiger partial charge in [0.1, 0.15) is 12.2 Å². The maximum absolute atomic E-state index is 13.6. The average molecular weight is 444 g/mol. The monoisotopic (exact) mass is 443 g/mol. The van der Waals surface area contributed by atoms with Crippen LogP contribution in [0.3, 0.4) is 0 Å². The van der Waals surface area contributed by atoms with Gasteiger partial charge in [-0.3, -0.25) is 19.3 Å². The van der Waals surface area contributed by atoms with Crippen molar-refractivity contribution >= 4 is 35.2 Å². The van der Waals surface area contributed by atoms with Crippen LogP contribution in [0.5, 0.6) is 0 Å². The standard InChI is InChI=1S/C23H29N3O4S/c1-23-10-8-20(27)26(23)19-7-3-2-6-18(19)22(29)25(23)14-21(28)24(16-9-12-31-15-16)13-17-5-4-11-30-17/h2-3,6-7,16-17H,4-5,8-15H2,1H3. The lowest BCUT2D eigenvalue weighted by molar-refractivity contribution is -0.137. The average Bonchev–Trinajstić information content (AvgIpc) is 3.52. The lowest BCUT2D eigenvalue weighted by Gasteiger charge is -2.49. The fourth-order valence-electron chi connectivity index (χ4n) is 5.40. The van der Waals surface area contributed by atoms with E-state index in [2.05, 4.69) is 0 Å². The van der Waals surface area contributed by atoms with Gasteiger partial charge in [-0.15, -0.1) is 0 Å². The topological polar surface area (TPSA) is 70.2 Å². The van der Waals surface area contributed by atoms with Gasteiger partial charge in [0.25, 0.3) is 5.91 Å². The lowest BCUT2D eigenvalue weighted by atomic mass is 9.98. The van der Waals surface area contributed by atoms with E-state index in [0.717, 1.165) is 37.4 Å². The van der Waals surface area contributed by atoms with Crippen molar-refractivity contribution in [3.63, 3.8) is 0 Å². The Labute approximate surface area is 187 Å². The number of rotatable bonds is 5. The normalized spacial score (nSPS) is 30.0. The Hall–Kier alpha value is -2.06. The molecule has 0 bridgehead atoms. The summed E-state index contributed by atoms with van der Waals surface area (Å²) in [6.45, 7) is 3.24. The van der Waals surface area contributed by atoms with E-state index < -0.39 is 5.66 Å². The van der Waals surface area contributed by atoms with Crippen LogP contribution in [-0.4, -0.2) is 76.5 Å². The van der Waals surface area contributed by atoms with Crippen molar-refractivity contribution in [2.45, 2.75) is 56.8 Å². The van der Waals surface area contributed by atoms with Crippen molar-refractivity contribution < 1.29 is 19.1 Å². The van der Waals surface area contributed by atoms with Crippen molar-refractivity contribution in [1.82, 2.24) is 9.80 Å². The number of carbonyl (C=O) groups excluding carboxylic acids is 3. The second kappa shape index (κ2) is 8.13. The predicted molar refractivity (Wildman–Crippen MR) is 119 cm³/mol. The first-order valence-corrected chi connectivity index (χ1v) is 12.4. The second-order valence-corrected chi connectivity index (χ2v) is 10.2. The van der Waals surface area contributed by atoms with Gasteiger partial charge < -0.3 is 14.5 Å². The van der Waals surface area contributed by atoms with E-state index in [9.17, 15) is 14.4 Å². The maximum Gasteiger partial charge on any atom is 0.258 e. The molecule has 0 N–H and O–H groups in total. The summed E-state index contributed by atoms with van der Waals surface area (Å²) in [4.78, 5) is 45.2. The third-order valence-electron chi connectivity index (χ3n) is 7.13. The first kappa shape index (κ1) is 20.8. The highest BCUT2D eigenvalue weighted by Crippen LogP contribution is 2.44. The third kappa shape index (κ3) is 3.53. The first-order chi connectivity index (χ1) is 15.0. The number of benzene rings is 1. The largest absolute Gasteiger partial charge is 0.376 e. The molecule has 3 unspecified atom stereocenters. The number of nitrogens with zero attached hydrogens (tertiary/aromatic N) is 3.